The molecular weight excluding hydrogens is 384 g/mol. The number of carbonyl (C=O) groups excluding carboxylic acids is 1. The molecule has 0 bridgehead atoms. The van der Waals surface area contributed by atoms with Gasteiger partial charge >= 0.3 is 5.97 Å². The Morgan fingerprint density at radius 2 is 1.97 bits per heavy atom. The van der Waals surface area contributed by atoms with E-state index in [4.69, 9.17) is 4.74 Å². The van der Waals surface area contributed by atoms with Crippen molar-refractivity contribution in [1.29, 1.82) is 0 Å². The van der Waals surface area contributed by atoms with Crippen LogP contribution in [-0.2, 0) is 9.53 Å². The average molecular weight is 424 g/mol. The summed E-state index contributed by atoms with van der Waals surface area (Å²) in [5.41, 5.74) is 7.59. The molecule has 1 N–H and O–H groups in total. The van der Waals surface area contributed by atoms with E-state index in [0.29, 0.717) is 5.92 Å². The van der Waals surface area contributed by atoms with Gasteiger partial charge in [-0.25, -0.2) is 0 Å². The minimum Gasteiger partial charge on any atom is -0.462 e. The molecule has 0 amide bonds. The van der Waals surface area contributed by atoms with Crippen LogP contribution in [0.3, 0.4) is 0 Å². The van der Waals surface area contributed by atoms with Crippen LogP contribution in [0.25, 0.3) is 0 Å². The second-order valence-electron chi connectivity index (χ2n) is 11.1. The van der Waals surface area contributed by atoms with Crippen LogP contribution in [0.4, 0.5) is 5.69 Å². The van der Waals surface area contributed by atoms with Crippen molar-refractivity contribution in [2.75, 3.05) is 37.6 Å². The van der Waals surface area contributed by atoms with Crippen LogP contribution in [0.5, 0.6) is 0 Å². The predicted molar refractivity (Wildman–Crippen MR) is 124 cm³/mol. The van der Waals surface area contributed by atoms with Crippen molar-refractivity contribution >= 4 is 11.7 Å². The molecule has 4 heteroatoms. The molecule has 168 valence electrons. The van der Waals surface area contributed by atoms with Gasteiger partial charge in [-0.1, -0.05) is 30.2 Å². The summed E-state index contributed by atoms with van der Waals surface area (Å²) in [5, 5.41) is 0. The van der Waals surface area contributed by atoms with Gasteiger partial charge in [-0.2, -0.15) is 0 Å². The highest BCUT2D eigenvalue weighted by molar-refractivity contribution is 5.75. The van der Waals surface area contributed by atoms with Gasteiger partial charge in [0.05, 0.1) is 32.7 Å². The Morgan fingerprint density at radius 1 is 1.19 bits per heavy atom. The number of esters is 1. The standard InChI is InChI=1S/C27H38N2O2/c1-18-7-8-20(3)24(14-18)29-12-10-28(11-13-29)17-22-21-15-23-19(2)6-5-9-27(23,4)16-25(21)31-26(22)30/h7-8,14,21-22,25H,5-6,9-13,15-17H2,1-4H3/p+1/t21-,22+,25+,27+/m1/s1. The zero-order valence-electron chi connectivity index (χ0n) is 19.8. The number of quaternary nitrogens is 1. The number of allylic oxidation sites excluding steroid dienone is 2. The van der Waals surface area contributed by atoms with E-state index in [9.17, 15) is 4.79 Å². The Balaban J connectivity index is 1.25. The molecule has 31 heavy (non-hydrogen) atoms. The molecule has 0 aromatic heterocycles. The highest BCUT2D eigenvalue weighted by Gasteiger charge is 2.54. The summed E-state index contributed by atoms with van der Waals surface area (Å²) < 4.78 is 6.00. The summed E-state index contributed by atoms with van der Waals surface area (Å²) in [4.78, 5) is 17.0. The Labute approximate surface area is 187 Å². The average Bonchev–Trinajstić information content (AvgIpc) is 3.02. The van der Waals surface area contributed by atoms with Crippen LogP contribution in [-0.4, -0.2) is 44.8 Å². The van der Waals surface area contributed by atoms with Crippen LogP contribution in [0.2, 0.25) is 0 Å². The van der Waals surface area contributed by atoms with Crippen LogP contribution in [0.15, 0.2) is 29.3 Å². The first-order valence-corrected chi connectivity index (χ1v) is 12.4. The number of rotatable bonds is 3. The number of nitrogens with one attached hydrogen (secondary N) is 1. The van der Waals surface area contributed by atoms with Gasteiger partial charge in [-0.05, 0) is 75.5 Å². The largest absolute Gasteiger partial charge is 0.462 e. The first-order chi connectivity index (χ1) is 14.8. The number of aryl methyl sites for hydroxylation is 2. The van der Waals surface area contributed by atoms with Gasteiger partial charge < -0.3 is 14.5 Å². The Hall–Kier alpha value is -1.81. The molecule has 4 aliphatic rings. The zero-order valence-corrected chi connectivity index (χ0v) is 19.8. The highest BCUT2D eigenvalue weighted by Crippen LogP contribution is 2.54. The van der Waals surface area contributed by atoms with Gasteiger partial charge in [0.2, 0.25) is 0 Å². The molecule has 5 rings (SSSR count). The maximum Gasteiger partial charge on any atom is 0.315 e. The molecule has 4 atom stereocenters. The SMILES string of the molecule is CC1=C2C[C@H]3[C@H](C[C@]2(C)CCC1)OC(=O)[C@H]3C[NH+]1CCN(c2cc(C)ccc2C)CC1. The number of hydrogen-bond acceptors (Lipinski definition) is 3. The molecule has 2 aliphatic heterocycles. The van der Waals surface area contributed by atoms with Gasteiger partial charge in [0.1, 0.15) is 12.0 Å². The minimum absolute atomic E-state index is 0.0824. The zero-order chi connectivity index (χ0) is 21.8. The number of hydrogen-bond donors (Lipinski definition) is 1. The molecule has 0 radical (unpaired) electrons. The number of piperazine rings is 1. The van der Waals surface area contributed by atoms with Gasteiger partial charge in [-0.3, -0.25) is 4.79 Å². The van der Waals surface area contributed by atoms with Crippen molar-refractivity contribution in [3.8, 4) is 0 Å². The van der Waals surface area contributed by atoms with Crippen molar-refractivity contribution in [2.45, 2.75) is 65.9 Å². The fraction of sp³-hybridized carbons (Fsp3) is 0.667. The first-order valence-electron chi connectivity index (χ1n) is 12.4. The second-order valence-corrected chi connectivity index (χ2v) is 11.1. The van der Waals surface area contributed by atoms with E-state index >= 15 is 0 Å². The minimum atomic E-state index is 0.0824. The van der Waals surface area contributed by atoms with Gasteiger partial charge in [0, 0.05) is 11.6 Å². The number of carbonyl (C=O) groups is 1. The third-order valence-electron chi connectivity index (χ3n) is 8.86. The molecule has 2 aliphatic carbocycles. The first kappa shape index (κ1) is 21.1. The van der Waals surface area contributed by atoms with Crippen LogP contribution >= 0.6 is 0 Å². The molecular formula is C27H39N2O2+. The highest BCUT2D eigenvalue weighted by atomic mass is 16.6. The lowest BCUT2D eigenvalue weighted by Gasteiger charge is -2.45. The number of ether oxygens (including phenoxy) is 1. The second kappa shape index (κ2) is 7.95. The van der Waals surface area contributed by atoms with E-state index in [1.807, 2.05) is 0 Å². The van der Waals surface area contributed by atoms with Crippen molar-refractivity contribution in [1.82, 2.24) is 0 Å². The molecule has 0 spiro atoms. The molecule has 4 nitrogen and oxygen atoms in total. The number of nitrogens with zero attached hydrogens (tertiary/aromatic N) is 1. The summed E-state index contributed by atoms with van der Waals surface area (Å²) >= 11 is 0. The third kappa shape index (κ3) is 3.82. The lowest BCUT2D eigenvalue weighted by atomic mass is 9.59. The summed E-state index contributed by atoms with van der Waals surface area (Å²) in [7, 11) is 0. The quantitative estimate of drug-likeness (QED) is 0.597. The smallest absolute Gasteiger partial charge is 0.315 e. The summed E-state index contributed by atoms with van der Waals surface area (Å²) in [6, 6.07) is 6.75. The summed E-state index contributed by atoms with van der Waals surface area (Å²) in [6.45, 7) is 14.4. The van der Waals surface area contributed by atoms with Gasteiger partial charge in [-0.15, -0.1) is 0 Å². The monoisotopic (exact) mass is 423 g/mol. The maximum atomic E-state index is 12.9. The van der Waals surface area contributed by atoms with Crippen molar-refractivity contribution in [3.05, 3.63) is 40.5 Å². The van der Waals surface area contributed by atoms with E-state index in [0.717, 1.165) is 45.6 Å². The normalized spacial score (nSPS) is 33.9. The van der Waals surface area contributed by atoms with Crippen LogP contribution in [0.1, 0.15) is 57.1 Å². The fourth-order valence-electron chi connectivity index (χ4n) is 6.98. The lowest BCUT2D eigenvalue weighted by molar-refractivity contribution is -0.903. The Morgan fingerprint density at radius 3 is 2.74 bits per heavy atom. The van der Waals surface area contributed by atoms with Crippen LogP contribution in [0, 0.1) is 31.1 Å². The lowest BCUT2D eigenvalue weighted by Crippen LogP contribution is -3.15. The Bertz CT molecular complexity index is 898. The van der Waals surface area contributed by atoms with Gasteiger partial charge in [0.25, 0.3) is 0 Å². The van der Waals surface area contributed by atoms with E-state index in [1.54, 1.807) is 16.0 Å². The number of benzene rings is 1. The molecule has 2 heterocycles. The number of fused-ring (bicyclic) bond motifs is 2. The predicted octanol–water partition coefficient (Wildman–Crippen LogP) is 3.47. The van der Waals surface area contributed by atoms with E-state index in [1.165, 1.54) is 36.1 Å². The van der Waals surface area contributed by atoms with Crippen molar-refractivity contribution in [3.63, 3.8) is 0 Å². The molecule has 3 fully saturated rings. The van der Waals surface area contributed by atoms with E-state index in [2.05, 4.69) is 50.8 Å². The van der Waals surface area contributed by atoms with Crippen LogP contribution < -0.4 is 9.80 Å². The van der Waals surface area contributed by atoms with Crippen molar-refractivity contribution in [2.24, 2.45) is 17.3 Å². The molecule has 1 saturated carbocycles. The van der Waals surface area contributed by atoms with Crippen molar-refractivity contribution < 1.29 is 14.4 Å². The molecule has 1 aromatic rings. The Kier molecular flexibility index (Phi) is 5.40. The molecule has 1 aromatic carbocycles. The molecule has 2 saturated heterocycles. The van der Waals surface area contributed by atoms with E-state index < -0.39 is 0 Å². The summed E-state index contributed by atoms with van der Waals surface area (Å²) in [5.74, 6) is 0.562. The fourth-order valence-corrected chi connectivity index (χ4v) is 6.98. The topological polar surface area (TPSA) is 34.0 Å². The maximum absolute atomic E-state index is 12.9. The van der Waals surface area contributed by atoms with Gasteiger partial charge in [0.15, 0.2) is 0 Å². The summed E-state index contributed by atoms with van der Waals surface area (Å²) in [6.07, 6.45) is 6.07. The van der Waals surface area contributed by atoms with E-state index in [-0.39, 0.29) is 23.4 Å². The molecule has 0 unspecified atom stereocenters. The third-order valence-corrected chi connectivity index (χ3v) is 8.86. The number of anilines is 1.